The smallest absolute Gasteiger partial charge is 0.221 e. The minimum Gasteiger partial charge on any atom is -0.457 e. The zero-order valence-corrected chi connectivity index (χ0v) is 13.1. The van der Waals surface area contributed by atoms with E-state index < -0.39 is 0 Å². The largest absolute Gasteiger partial charge is 0.457 e. The first-order valence-electron chi connectivity index (χ1n) is 7.52. The number of benzene rings is 2. The average molecular weight is 298 g/mol. The van der Waals surface area contributed by atoms with E-state index in [2.05, 4.69) is 24.4 Å². The topological polar surface area (TPSA) is 64.3 Å². The van der Waals surface area contributed by atoms with Crippen molar-refractivity contribution in [2.24, 2.45) is 0 Å². The summed E-state index contributed by atoms with van der Waals surface area (Å²) >= 11 is 0. The third kappa shape index (κ3) is 4.52. The average Bonchev–Trinajstić information content (AvgIpc) is 2.49. The molecule has 2 rings (SSSR count). The zero-order valence-electron chi connectivity index (χ0n) is 13.1. The summed E-state index contributed by atoms with van der Waals surface area (Å²) in [7, 11) is 0. The molecule has 116 valence electrons. The molecule has 3 N–H and O–H groups in total. The van der Waals surface area contributed by atoms with Gasteiger partial charge in [0, 0.05) is 13.0 Å². The quantitative estimate of drug-likeness (QED) is 0.779. The van der Waals surface area contributed by atoms with Crippen LogP contribution in [-0.4, -0.2) is 5.91 Å². The number of nitrogens with two attached hydrogens (primary N) is 1. The van der Waals surface area contributed by atoms with E-state index in [9.17, 15) is 4.79 Å². The van der Waals surface area contributed by atoms with E-state index in [1.165, 1.54) is 25.3 Å². The Morgan fingerprint density at radius 1 is 1.14 bits per heavy atom. The van der Waals surface area contributed by atoms with Crippen molar-refractivity contribution < 1.29 is 9.53 Å². The fraction of sp³-hybridized carbons (Fsp3) is 0.278. The van der Waals surface area contributed by atoms with Gasteiger partial charge in [0.2, 0.25) is 5.91 Å². The normalized spacial score (nSPS) is 10.3. The van der Waals surface area contributed by atoms with Crippen LogP contribution in [0.15, 0.2) is 42.5 Å². The Morgan fingerprint density at radius 2 is 1.82 bits per heavy atom. The summed E-state index contributed by atoms with van der Waals surface area (Å²) in [5.74, 6) is 1.27. The molecule has 2 aromatic carbocycles. The van der Waals surface area contributed by atoms with E-state index in [1.54, 1.807) is 18.2 Å². The first-order valence-corrected chi connectivity index (χ1v) is 7.52. The van der Waals surface area contributed by atoms with E-state index >= 15 is 0 Å². The zero-order chi connectivity index (χ0) is 15.9. The van der Waals surface area contributed by atoms with E-state index in [4.69, 9.17) is 10.5 Å². The van der Waals surface area contributed by atoms with Crippen molar-refractivity contribution in [3.8, 4) is 11.5 Å². The summed E-state index contributed by atoms with van der Waals surface area (Å²) in [6, 6.07) is 13.3. The molecule has 22 heavy (non-hydrogen) atoms. The van der Waals surface area contributed by atoms with E-state index in [0.29, 0.717) is 17.1 Å². The Kier molecular flexibility index (Phi) is 5.42. The molecule has 0 saturated carbocycles. The van der Waals surface area contributed by atoms with Gasteiger partial charge in [-0.15, -0.1) is 0 Å². The van der Waals surface area contributed by atoms with E-state index in [0.717, 1.165) is 12.2 Å². The first kappa shape index (κ1) is 15.9. The van der Waals surface area contributed by atoms with Crippen LogP contribution in [-0.2, 0) is 11.2 Å². The summed E-state index contributed by atoms with van der Waals surface area (Å²) in [5, 5.41) is 2.67. The molecule has 0 aliphatic rings. The summed E-state index contributed by atoms with van der Waals surface area (Å²) in [6.45, 7) is 3.64. The lowest BCUT2D eigenvalue weighted by atomic mass is 10.1. The maximum absolute atomic E-state index is 11.1. The summed E-state index contributed by atoms with van der Waals surface area (Å²) in [6.07, 6.45) is 3.48. The van der Waals surface area contributed by atoms with Gasteiger partial charge in [-0.1, -0.05) is 25.5 Å². The Balaban J connectivity index is 2.04. The van der Waals surface area contributed by atoms with Gasteiger partial charge in [0.05, 0.1) is 11.4 Å². The number of hydrogen-bond donors (Lipinski definition) is 2. The van der Waals surface area contributed by atoms with Crippen molar-refractivity contribution in [3.63, 3.8) is 0 Å². The number of nitrogen functional groups attached to an aromatic ring is 1. The number of amides is 1. The molecule has 2 aromatic rings. The van der Waals surface area contributed by atoms with Crippen molar-refractivity contribution in [3.05, 3.63) is 48.0 Å². The highest BCUT2D eigenvalue weighted by atomic mass is 16.5. The van der Waals surface area contributed by atoms with Crippen LogP contribution in [0.1, 0.15) is 32.3 Å². The minimum absolute atomic E-state index is 0.150. The van der Waals surface area contributed by atoms with Gasteiger partial charge in [-0.05, 0) is 42.7 Å². The van der Waals surface area contributed by atoms with Gasteiger partial charge < -0.3 is 15.8 Å². The lowest BCUT2D eigenvalue weighted by Crippen LogP contribution is -2.07. The molecule has 0 unspecified atom stereocenters. The first-order chi connectivity index (χ1) is 10.6. The molecule has 1 amide bonds. The van der Waals surface area contributed by atoms with Crippen molar-refractivity contribution >= 4 is 17.3 Å². The van der Waals surface area contributed by atoms with Crippen LogP contribution < -0.4 is 15.8 Å². The fourth-order valence-electron chi connectivity index (χ4n) is 2.15. The third-order valence-corrected chi connectivity index (χ3v) is 3.31. The lowest BCUT2D eigenvalue weighted by molar-refractivity contribution is -0.114. The predicted molar refractivity (Wildman–Crippen MR) is 90.3 cm³/mol. The molecule has 0 saturated heterocycles. The molecular formula is C18H22N2O2. The standard InChI is InChI=1S/C18H22N2O2/c1-3-4-5-14-6-8-15(9-7-14)22-16-10-11-18(17(19)12-16)20-13(2)21/h6-12H,3-5,19H2,1-2H3,(H,20,21). The Morgan fingerprint density at radius 3 is 2.41 bits per heavy atom. The highest BCUT2D eigenvalue weighted by molar-refractivity contribution is 5.92. The summed E-state index contributed by atoms with van der Waals surface area (Å²) in [5.41, 5.74) is 8.29. The molecule has 0 radical (unpaired) electrons. The van der Waals surface area contributed by atoms with Crippen molar-refractivity contribution in [1.29, 1.82) is 0 Å². The van der Waals surface area contributed by atoms with Crippen LogP contribution in [0.25, 0.3) is 0 Å². The molecule has 0 atom stereocenters. The van der Waals surface area contributed by atoms with Gasteiger partial charge in [-0.2, -0.15) is 0 Å². The Bertz CT molecular complexity index is 636. The minimum atomic E-state index is -0.150. The van der Waals surface area contributed by atoms with Gasteiger partial charge in [0.25, 0.3) is 0 Å². The van der Waals surface area contributed by atoms with Crippen LogP contribution >= 0.6 is 0 Å². The number of ether oxygens (including phenoxy) is 1. The second kappa shape index (κ2) is 7.50. The molecule has 0 fully saturated rings. The molecule has 0 bridgehead atoms. The van der Waals surface area contributed by atoms with Crippen LogP contribution in [0, 0.1) is 0 Å². The van der Waals surface area contributed by atoms with E-state index in [1.807, 2.05) is 12.1 Å². The summed E-state index contributed by atoms with van der Waals surface area (Å²) in [4.78, 5) is 11.1. The van der Waals surface area contributed by atoms with Crippen molar-refractivity contribution in [2.75, 3.05) is 11.1 Å². The Labute approximate surface area is 131 Å². The molecule has 0 aliphatic heterocycles. The lowest BCUT2D eigenvalue weighted by Gasteiger charge is -2.10. The number of carbonyl (C=O) groups excluding carboxylic acids is 1. The molecule has 4 heteroatoms. The molecule has 0 spiro atoms. The van der Waals surface area contributed by atoms with Gasteiger partial charge in [0.1, 0.15) is 11.5 Å². The van der Waals surface area contributed by atoms with Crippen LogP contribution in [0.3, 0.4) is 0 Å². The van der Waals surface area contributed by atoms with Crippen LogP contribution in [0.2, 0.25) is 0 Å². The van der Waals surface area contributed by atoms with Crippen LogP contribution in [0.5, 0.6) is 11.5 Å². The van der Waals surface area contributed by atoms with E-state index in [-0.39, 0.29) is 5.91 Å². The molecule has 0 aromatic heterocycles. The number of anilines is 2. The number of carbonyl (C=O) groups is 1. The number of unbranched alkanes of at least 4 members (excludes halogenated alkanes) is 1. The highest BCUT2D eigenvalue weighted by Gasteiger charge is 2.04. The highest BCUT2D eigenvalue weighted by Crippen LogP contribution is 2.28. The maximum Gasteiger partial charge on any atom is 0.221 e. The number of rotatable bonds is 6. The number of nitrogens with one attached hydrogen (secondary N) is 1. The number of aryl methyl sites for hydroxylation is 1. The maximum atomic E-state index is 11.1. The van der Waals surface area contributed by atoms with Gasteiger partial charge in [-0.3, -0.25) is 4.79 Å². The van der Waals surface area contributed by atoms with Crippen molar-refractivity contribution in [1.82, 2.24) is 0 Å². The van der Waals surface area contributed by atoms with Crippen molar-refractivity contribution in [2.45, 2.75) is 33.1 Å². The monoisotopic (exact) mass is 298 g/mol. The molecule has 0 aliphatic carbocycles. The second-order valence-electron chi connectivity index (χ2n) is 5.28. The van der Waals surface area contributed by atoms with Gasteiger partial charge >= 0.3 is 0 Å². The molecule has 0 heterocycles. The predicted octanol–water partition coefficient (Wildman–Crippen LogP) is 4.36. The van der Waals surface area contributed by atoms with Crippen LogP contribution in [0.4, 0.5) is 11.4 Å². The summed E-state index contributed by atoms with van der Waals surface area (Å²) < 4.78 is 5.79. The third-order valence-electron chi connectivity index (χ3n) is 3.31. The fourth-order valence-corrected chi connectivity index (χ4v) is 2.15. The second-order valence-corrected chi connectivity index (χ2v) is 5.28. The van der Waals surface area contributed by atoms with Gasteiger partial charge in [0.15, 0.2) is 0 Å². The SMILES string of the molecule is CCCCc1ccc(Oc2ccc(NC(C)=O)c(N)c2)cc1. The molecular weight excluding hydrogens is 276 g/mol. The molecule has 4 nitrogen and oxygen atoms in total. The Hall–Kier alpha value is -2.49. The number of hydrogen-bond acceptors (Lipinski definition) is 3. The van der Waals surface area contributed by atoms with Gasteiger partial charge in [-0.25, -0.2) is 0 Å².